The average Bonchev–Trinajstić information content (AvgIpc) is 2.02. The molecule has 0 aliphatic heterocycles. The molecule has 0 bridgehead atoms. The third-order valence-electron chi connectivity index (χ3n) is 1.99. The van der Waals surface area contributed by atoms with Gasteiger partial charge in [0.2, 0.25) is 0 Å². The fourth-order valence-electron chi connectivity index (χ4n) is 1.23. The molecule has 13 heavy (non-hydrogen) atoms. The van der Waals surface area contributed by atoms with E-state index in [4.69, 9.17) is 5.11 Å². The third kappa shape index (κ3) is 16.0. The summed E-state index contributed by atoms with van der Waals surface area (Å²) in [7, 11) is 0. The van der Waals surface area contributed by atoms with Crippen molar-refractivity contribution in [2.45, 2.75) is 58.3 Å². The Kier molecular flexibility index (Phi) is 17.0. The summed E-state index contributed by atoms with van der Waals surface area (Å²) < 4.78 is 0. The van der Waals surface area contributed by atoms with Crippen LogP contribution < -0.4 is 0 Å². The van der Waals surface area contributed by atoms with E-state index in [0.29, 0.717) is 6.42 Å². The number of carboxylic acids is 1. The molecule has 0 saturated heterocycles. The minimum atomic E-state index is -0.663. The SMILES string of the molecule is CCCCCCCCCC(=O)O.[RbH]. The molecule has 0 radical (unpaired) electrons. The van der Waals surface area contributed by atoms with Gasteiger partial charge in [-0.1, -0.05) is 45.4 Å². The maximum absolute atomic E-state index is 10.1. The van der Waals surface area contributed by atoms with Crippen LogP contribution in [0.4, 0.5) is 0 Å². The van der Waals surface area contributed by atoms with Crippen LogP contribution in [0.25, 0.3) is 0 Å². The Hall–Kier alpha value is 1.28. The van der Waals surface area contributed by atoms with Crippen molar-refractivity contribution in [1.82, 2.24) is 0 Å². The fourth-order valence-corrected chi connectivity index (χ4v) is 1.23. The Morgan fingerprint density at radius 1 is 1.00 bits per heavy atom. The second-order valence-electron chi connectivity index (χ2n) is 3.27. The van der Waals surface area contributed by atoms with Crippen molar-refractivity contribution < 1.29 is 9.90 Å². The molecule has 0 fully saturated rings. The van der Waals surface area contributed by atoms with E-state index in [0.717, 1.165) is 12.8 Å². The Bertz CT molecular complexity index is 115. The van der Waals surface area contributed by atoms with Crippen molar-refractivity contribution in [1.29, 1.82) is 0 Å². The molecule has 0 aliphatic rings. The second-order valence-corrected chi connectivity index (χ2v) is 3.27. The molecule has 0 rings (SSSR count). The van der Waals surface area contributed by atoms with E-state index >= 15 is 0 Å². The Labute approximate surface area is 130 Å². The van der Waals surface area contributed by atoms with Crippen molar-refractivity contribution in [2.24, 2.45) is 0 Å². The normalized spacial score (nSPS) is 9.31. The summed E-state index contributed by atoms with van der Waals surface area (Å²) in [4.78, 5) is 10.1. The summed E-state index contributed by atoms with van der Waals surface area (Å²) in [6.07, 6.45) is 8.64. The van der Waals surface area contributed by atoms with Gasteiger partial charge >= 0.3 is 64.2 Å². The number of rotatable bonds is 8. The second kappa shape index (κ2) is 13.3. The van der Waals surface area contributed by atoms with Crippen molar-refractivity contribution >= 4 is 64.2 Å². The standard InChI is InChI=1S/C10H20O2.Rb.H/c1-2-3-4-5-6-7-8-9-10(11)12;;/h2-9H2,1H3,(H,11,12);;. The van der Waals surface area contributed by atoms with Gasteiger partial charge in [-0.2, -0.15) is 0 Å². The number of hydrogen-bond donors (Lipinski definition) is 1. The topological polar surface area (TPSA) is 37.3 Å². The van der Waals surface area contributed by atoms with Crippen LogP contribution in [0.15, 0.2) is 0 Å². The van der Waals surface area contributed by atoms with Gasteiger partial charge in [0.1, 0.15) is 0 Å². The Morgan fingerprint density at radius 2 is 1.46 bits per heavy atom. The molecule has 74 valence electrons. The molecule has 0 aromatic rings. The summed E-state index contributed by atoms with van der Waals surface area (Å²) in [6.45, 7) is 2.20. The molecule has 1 N–H and O–H groups in total. The molecule has 0 aromatic heterocycles. The van der Waals surface area contributed by atoms with Gasteiger partial charge < -0.3 is 5.11 Å². The zero-order valence-electron chi connectivity index (χ0n) is 8.01. The zero-order valence-corrected chi connectivity index (χ0v) is 8.01. The van der Waals surface area contributed by atoms with E-state index in [2.05, 4.69) is 6.92 Å². The molecule has 0 heterocycles. The Balaban J connectivity index is 0. The van der Waals surface area contributed by atoms with Crippen LogP contribution in [0.3, 0.4) is 0 Å². The van der Waals surface area contributed by atoms with Crippen LogP contribution >= 0.6 is 0 Å². The fraction of sp³-hybridized carbons (Fsp3) is 0.900. The number of carboxylic acid groups (broad SMARTS) is 1. The molecular weight excluding hydrogens is 238 g/mol. The molecule has 2 nitrogen and oxygen atoms in total. The van der Waals surface area contributed by atoms with E-state index in [9.17, 15) is 4.79 Å². The summed E-state index contributed by atoms with van der Waals surface area (Å²) in [5.74, 6) is -0.663. The van der Waals surface area contributed by atoms with Crippen molar-refractivity contribution in [3.05, 3.63) is 0 Å². The number of hydrogen-bond acceptors (Lipinski definition) is 1. The molecule has 0 unspecified atom stereocenters. The first-order valence-corrected chi connectivity index (χ1v) is 4.99. The summed E-state index contributed by atoms with van der Waals surface area (Å²) in [5.41, 5.74) is 0. The predicted molar refractivity (Wildman–Crippen MR) is 57.4 cm³/mol. The van der Waals surface area contributed by atoms with Gasteiger partial charge in [0.05, 0.1) is 0 Å². The van der Waals surface area contributed by atoms with Gasteiger partial charge in [-0.15, -0.1) is 0 Å². The van der Waals surface area contributed by atoms with Crippen LogP contribution in [0.2, 0.25) is 0 Å². The molecule has 0 aliphatic carbocycles. The van der Waals surface area contributed by atoms with E-state index in [1.54, 1.807) is 0 Å². The first kappa shape index (κ1) is 16.7. The predicted octanol–water partition coefficient (Wildman–Crippen LogP) is 2.56. The Morgan fingerprint density at radius 3 is 1.92 bits per heavy atom. The quantitative estimate of drug-likeness (QED) is 0.680. The molecule has 0 saturated carbocycles. The van der Waals surface area contributed by atoms with Crippen molar-refractivity contribution in [2.75, 3.05) is 0 Å². The van der Waals surface area contributed by atoms with Crippen LogP contribution in [0, 0.1) is 0 Å². The van der Waals surface area contributed by atoms with E-state index in [1.807, 2.05) is 0 Å². The molecule has 3 heteroatoms. The molecule has 0 amide bonds. The molecule has 0 spiro atoms. The van der Waals surface area contributed by atoms with Gasteiger partial charge in [0.25, 0.3) is 0 Å². The summed E-state index contributed by atoms with van der Waals surface area (Å²) in [5, 5.41) is 8.35. The van der Waals surface area contributed by atoms with E-state index in [1.165, 1.54) is 32.1 Å². The van der Waals surface area contributed by atoms with Crippen molar-refractivity contribution in [3.8, 4) is 0 Å². The monoisotopic (exact) mass is 258 g/mol. The number of unbranched alkanes of at least 4 members (excludes halogenated alkanes) is 6. The third-order valence-corrected chi connectivity index (χ3v) is 1.99. The maximum atomic E-state index is 10.1. The minimum absolute atomic E-state index is 0. The summed E-state index contributed by atoms with van der Waals surface area (Å²) >= 11 is 0. The number of aliphatic carboxylic acids is 1. The van der Waals surface area contributed by atoms with Crippen LogP contribution in [0.1, 0.15) is 58.3 Å². The molecule has 0 aromatic carbocycles. The van der Waals surface area contributed by atoms with Crippen LogP contribution in [-0.2, 0) is 4.79 Å². The van der Waals surface area contributed by atoms with Gasteiger partial charge in [-0.05, 0) is 6.42 Å². The van der Waals surface area contributed by atoms with E-state index < -0.39 is 5.97 Å². The van der Waals surface area contributed by atoms with Crippen LogP contribution in [-0.4, -0.2) is 69.3 Å². The van der Waals surface area contributed by atoms with E-state index in [-0.39, 0.29) is 58.2 Å². The van der Waals surface area contributed by atoms with Gasteiger partial charge in [0, 0.05) is 6.42 Å². The van der Waals surface area contributed by atoms with Gasteiger partial charge in [-0.3, -0.25) is 4.79 Å². The van der Waals surface area contributed by atoms with Gasteiger partial charge in [0.15, 0.2) is 0 Å². The zero-order chi connectivity index (χ0) is 9.23. The molecular formula is C10H21O2Rb. The van der Waals surface area contributed by atoms with Crippen molar-refractivity contribution in [3.63, 3.8) is 0 Å². The molecule has 0 atom stereocenters. The first-order chi connectivity index (χ1) is 5.77. The average molecular weight is 259 g/mol. The summed E-state index contributed by atoms with van der Waals surface area (Å²) in [6, 6.07) is 0. The first-order valence-electron chi connectivity index (χ1n) is 4.99. The van der Waals surface area contributed by atoms with Crippen LogP contribution in [0.5, 0.6) is 0 Å². The van der Waals surface area contributed by atoms with Gasteiger partial charge in [-0.25, -0.2) is 0 Å². The number of carbonyl (C=O) groups is 1.